The molecule has 24 heavy (non-hydrogen) atoms. The van der Waals surface area contributed by atoms with Gasteiger partial charge in [0.15, 0.2) is 0 Å². The number of carbonyl (C=O) groups excluding carboxylic acids is 2. The van der Waals surface area contributed by atoms with Gasteiger partial charge in [0.1, 0.15) is 0 Å². The number of carboxylic acids is 1. The quantitative estimate of drug-likeness (QED) is 0.651. The molecule has 0 bridgehead atoms. The van der Waals surface area contributed by atoms with Gasteiger partial charge in [0.25, 0.3) is 5.91 Å². The molecule has 2 rings (SSSR count). The third-order valence-corrected chi connectivity index (χ3v) is 4.11. The Labute approximate surface area is 140 Å². The van der Waals surface area contributed by atoms with Crippen LogP contribution in [0.3, 0.4) is 0 Å². The summed E-state index contributed by atoms with van der Waals surface area (Å²) in [6, 6.07) is 9.34. The summed E-state index contributed by atoms with van der Waals surface area (Å²) < 4.78 is 0. The highest BCUT2D eigenvalue weighted by Crippen LogP contribution is 2.30. The number of hydrogen-bond acceptors (Lipinski definition) is 4. The van der Waals surface area contributed by atoms with Crippen LogP contribution in [0.2, 0.25) is 0 Å². The number of carboxylic acid groups (broad SMARTS) is 1. The molecule has 1 aromatic carbocycles. The molecule has 0 saturated heterocycles. The highest BCUT2D eigenvalue weighted by atomic mass is 16.6. The van der Waals surface area contributed by atoms with Crippen molar-refractivity contribution in [2.75, 3.05) is 6.54 Å². The van der Waals surface area contributed by atoms with Crippen LogP contribution in [0.5, 0.6) is 0 Å². The van der Waals surface area contributed by atoms with Gasteiger partial charge in [0, 0.05) is 0 Å². The third kappa shape index (κ3) is 5.34. The predicted molar refractivity (Wildman–Crippen MR) is 85.5 cm³/mol. The first-order valence-electron chi connectivity index (χ1n) is 8.03. The largest absolute Gasteiger partial charge is 0.481 e. The van der Waals surface area contributed by atoms with Gasteiger partial charge in [-0.3, -0.25) is 19.2 Å². The molecular formula is C17H22N2O5. The number of benzene rings is 1. The van der Waals surface area contributed by atoms with Crippen molar-refractivity contribution >= 4 is 17.8 Å². The van der Waals surface area contributed by atoms with Gasteiger partial charge in [-0.15, -0.1) is 0 Å². The van der Waals surface area contributed by atoms with E-state index < -0.39 is 23.7 Å². The van der Waals surface area contributed by atoms with Crippen LogP contribution in [0.4, 0.5) is 0 Å². The summed E-state index contributed by atoms with van der Waals surface area (Å²) in [5, 5.41) is 11.7. The lowest BCUT2D eigenvalue weighted by molar-refractivity contribution is -0.149. The Morgan fingerprint density at radius 1 is 1.08 bits per heavy atom. The minimum atomic E-state index is -0.953. The average molecular weight is 334 g/mol. The monoisotopic (exact) mass is 334 g/mol. The van der Waals surface area contributed by atoms with E-state index in [0.717, 1.165) is 18.4 Å². The van der Waals surface area contributed by atoms with Crippen molar-refractivity contribution in [1.82, 2.24) is 10.8 Å². The molecule has 1 aliphatic carbocycles. The highest BCUT2D eigenvalue weighted by Gasteiger charge is 2.35. The van der Waals surface area contributed by atoms with Crippen LogP contribution in [0, 0.1) is 11.8 Å². The van der Waals surface area contributed by atoms with E-state index >= 15 is 0 Å². The molecule has 1 saturated carbocycles. The van der Waals surface area contributed by atoms with E-state index in [-0.39, 0.29) is 19.1 Å². The normalized spacial score (nSPS) is 20.2. The first-order valence-corrected chi connectivity index (χ1v) is 8.03. The fourth-order valence-corrected chi connectivity index (χ4v) is 2.85. The van der Waals surface area contributed by atoms with Crippen LogP contribution in [0.25, 0.3) is 0 Å². The van der Waals surface area contributed by atoms with Crippen molar-refractivity contribution in [2.24, 2.45) is 11.8 Å². The van der Waals surface area contributed by atoms with Crippen LogP contribution >= 0.6 is 0 Å². The van der Waals surface area contributed by atoms with Crippen LogP contribution < -0.4 is 10.8 Å². The van der Waals surface area contributed by atoms with Gasteiger partial charge < -0.3 is 10.4 Å². The van der Waals surface area contributed by atoms with Crippen molar-refractivity contribution in [2.45, 2.75) is 32.3 Å². The number of hydrogen-bond donors (Lipinski definition) is 3. The summed E-state index contributed by atoms with van der Waals surface area (Å²) >= 11 is 0. The molecule has 0 heterocycles. The number of rotatable bonds is 7. The molecule has 0 aromatic heterocycles. The van der Waals surface area contributed by atoms with E-state index in [0.29, 0.717) is 12.8 Å². The lowest BCUT2D eigenvalue weighted by Gasteiger charge is -2.27. The third-order valence-electron chi connectivity index (χ3n) is 4.11. The number of aliphatic carboxylic acids is 1. The molecule has 1 aliphatic rings. The summed E-state index contributed by atoms with van der Waals surface area (Å²) in [5.41, 5.74) is 3.16. The number of hydroxylamine groups is 1. The maximum absolute atomic E-state index is 12.1. The van der Waals surface area contributed by atoms with E-state index in [2.05, 4.69) is 10.8 Å². The summed E-state index contributed by atoms with van der Waals surface area (Å²) in [5.74, 6) is -3.07. The SMILES string of the molecule is O=C(CNC(=O)C1CCCCC1C(=O)O)NOCc1ccccc1. The molecular weight excluding hydrogens is 312 g/mol. The van der Waals surface area contributed by atoms with Gasteiger partial charge in [0.05, 0.1) is 25.0 Å². The zero-order valence-electron chi connectivity index (χ0n) is 13.4. The fraction of sp³-hybridized carbons (Fsp3) is 0.471. The second kappa shape index (κ2) is 9.02. The lowest BCUT2D eigenvalue weighted by Crippen LogP contribution is -2.43. The number of carbonyl (C=O) groups is 3. The second-order valence-electron chi connectivity index (χ2n) is 5.85. The van der Waals surface area contributed by atoms with E-state index in [4.69, 9.17) is 4.84 Å². The maximum atomic E-state index is 12.1. The van der Waals surface area contributed by atoms with Crippen molar-refractivity contribution in [3.05, 3.63) is 35.9 Å². The Hall–Kier alpha value is -2.41. The smallest absolute Gasteiger partial charge is 0.307 e. The Bertz CT molecular complexity index is 576. The molecule has 2 unspecified atom stereocenters. The van der Waals surface area contributed by atoms with Crippen LogP contribution in [-0.4, -0.2) is 29.4 Å². The first kappa shape index (κ1) is 17.9. The molecule has 1 fully saturated rings. The second-order valence-corrected chi connectivity index (χ2v) is 5.85. The molecule has 1 aromatic rings. The maximum Gasteiger partial charge on any atom is 0.307 e. The van der Waals surface area contributed by atoms with Crippen LogP contribution in [-0.2, 0) is 25.8 Å². The van der Waals surface area contributed by atoms with Gasteiger partial charge in [-0.1, -0.05) is 43.2 Å². The molecule has 130 valence electrons. The Balaban J connectivity index is 1.70. The zero-order chi connectivity index (χ0) is 17.4. The summed E-state index contributed by atoms with van der Waals surface area (Å²) in [6.45, 7) is -0.0132. The van der Waals surface area contributed by atoms with Crippen molar-refractivity contribution < 1.29 is 24.3 Å². The Kier molecular flexibility index (Phi) is 6.74. The molecule has 2 atom stereocenters. The summed E-state index contributed by atoms with van der Waals surface area (Å²) in [7, 11) is 0. The van der Waals surface area contributed by atoms with Gasteiger partial charge >= 0.3 is 5.97 Å². The van der Waals surface area contributed by atoms with Gasteiger partial charge in [-0.25, -0.2) is 5.48 Å². The minimum Gasteiger partial charge on any atom is -0.481 e. The first-order chi connectivity index (χ1) is 11.6. The zero-order valence-corrected chi connectivity index (χ0v) is 13.4. The lowest BCUT2D eigenvalue weighted by atomic mass is 9.79. The molecule has 7 heteroatoms. The number of nitrogens with one attached hydrogen (secondary N) is 2. The van der Waals surface area contributed by atoms with Crippen molar-refractivity contribution in [3.8, 4) is 0 Å². The summed E-state index contributed by atoms with van der Waals surface area (Å²) in [6.07, 6.45) is 2.68. The molecule has 0 spiro atoms. The van der Waals surface area contributed by atoms with Crippen molar-refractivity contribution in [3.63, 3.8) is 0 Å². The molecule has 7 nitrogen and oxygen atoms in total. The Morgan fingerprint density at radius 2 is 1.75 bits per heavy atom. The van der Waals surface area contributed by atoms with E-state index in [9.17, 15) is 19.5 Å². The molecule has 0 radical (unpaired) electrons. The standard InChI is InChI=1S/C17H22N2O5/c20-15(19-24-11-12-6-2-1-3-7-12)10-18-16(21)13-8-4-5-9-14(13)17(22)23/h1-3,6-7,13-14H,4-5,8-11H2,(H,18,21)(H,19,20)(H,22,23). The fourth-order valence-electron chi connectivity index (χ4n) is 2.85. The Morgan fingerprint density at radius 3 is 2.42 bits per heavy atom. The van der Waals surface area contributed by atoms with Crippen LogP contribution in [0.1, 0.15) is 31.2 Å². The molecule has 3 N–H and O–H groups in total. The van der Waals surface area contributed by atoms with E-state index in [1.807, 2.05) is 30.3 Å². The molecule has 2 amide bonds. The molecule has 0 aliphatic heterocycles. The highest BCUT2D eigenvalue weighted by molar-refractivity contribution is 5.88. The van der Waals surface area contributed by atoms with Gasteiger partial charge in [-0.05, 0) is 18.4 Å². The van der Waals surface area contributed by atoms with Gasteiger partial charge in [0.2, 0.25) is 5.91 Å². The van der Waals surface area contributed by atoms with Crippen molar-refractivity contribution in [1.29, 1.82) is 0 Å². The predicted octanol–water partition coefficient (Wildman–Crippen LogP) is 1.24. The summed E-state index contributed by atoms with van der Waals surface area (Å²) in [4.78, 5) is 40.1. The minimum absolute atomic E-state index is 0.226. The van der Waals surface area contributed by atoms with Crippen LogP contribution in [0.15, 0.2) is 30.3 Å². The number of amides is 2. The topological polar surface area (TPSA) is 105 Å². The van der Waals surface area contributed by atoms with E-state index in [1.54, 1.807) is 0 Å². The van der Waals surface area contributed by atoms with Gasteiger partial charge in [-0.2, -0.15) is 0 Å². The average Bonchev–Trinajstić information content (AvgIpc) is 2.60. The van der Waals surface area contributed by atoms with E-state index in [1.165, 1.54) is 0 Å².